The average molecular weight is 347 g/mol. The Bertz CT molecular complexity index is 613. The van der Waals surface area contributed by atoms with Gasteiger partial charge >= 0.3 is 6.03 Å². The Hall–Kier alpha value is -2.05. The predicted octanol–water partition coefficient (Wildman–Crippen LogP) is 1.97. The van der Waals surface area contributed by atoms with Crippen molar-refractivity contribution >= 4 is 11.9 Å². The normalized spacial score (nSPS) is 19.7. The molecule has 7 nitrogen and oxygen atoms in total. The van der Waals surface area contributed by atoms with E-state index >= 15 is 0 Å². The van der Waals surface area contributed by atoms with E-state index in [0.717, 1.165) is 31.4 Å². The zero-order chi connectivity index (χ0) is 17.8. The van der Waals surface area contributed by atoms with Crippen LogP contribution in [0.4, 0.5) is 4.79 Å². The molecule has 0 bridgehead atoms. The molecule has 3 amide bonds. The van der Waals surface area contributed by atoms with E-state index < -0.39 is 0 Å². The molecule has 2 fully saturated rings. The number of rotatable bonds is 3. The number of nitrogens with one attached hydrogen (secondary N) is 2. The van der Waals surface area contributed by atoms with Gasteiger partial charge in [-0.25, -0.2) is 4.79 Å². The molecule has 1 aromatic heterocycles. The molecule has 0 spiro atoms. The van der Waals surface area contributed by atoms with E-state index in [1.54, 1.807) is 17.8 Å². The van der Waals surface area contributed by atoms with Gasteiger partial charge in [0.2, 0.25) is 0 Å². The smallest absolute Gasteiger partial charge is 0.317 e. The maximum absolute atomic E-state index is 12.4. The highest BCUT2D eigenvalue weighted by Crippen LogP contribution is 2.18. The van der Waals surface area contributed by atoms with Crippen molar-refractivity contribution in [2.24, 2.45) is 7.05 Å². The molecule has 3 rings (SSSR count). The number of carbonyl (C=O) groups excluding carboxylic acids is 2. The maximum atomic E-state index is 12.4. The lowest BCUT2D eigenvalue weighted by Crippen LogP contribution is -2.51. The van der Waals surface area contributed by atoms with Gasteiger partial charge in [0.15, 0.2) is 0 Å². The Balaban J connectivity index is 1.44. The summed E-state index contributed by atoms with van der Waals surface area (Å²) in [6.45, 7) is 3.25. The zero-order valence-corrected chi connectivity index (χ0v) is 15.3. The van der Waals surface area contributed by atoms with Gasteiger partial charge in [-0.3, -0.25) is 9.48 Å². The second kappa shape index (κ2) is 7.89. The molecule has 1 aromatic rings. The van der Waals surface area contributed by atoms with E-state index in [4.69, 9.17) is 0 Å². The average Bonchev–Trinajstić information content (AvgIpc) is 2.95. The lowest BCUT2D eigenvalue weighted by atomic mass is 9.95. The van der Waals surface area contributed by atoms with E-state index in [2.05, 4.69) is 15.7 Å². The second-order valence-electron chi connectivity index (χ2n) is 7.31. The number of nitrogens with zero attached hydrogens (tertiary/aromatic N) is 3. The minimum absolute atomic E-state index is 0.0546. The number of piperidine rings is 1. The molecule has 7 heteroatoms. The molecule has 0 atom stereocenters. The number of urea groups is 1. The summed E-state index contributed by atoms with van der Waals surface area (Å²) in [5, 5.41) is 10.5. The Labute approximate surface area is 149 Å². The Morgan fingerprint density at radius 3 is 2.28 bits per heavy atom. The Kier molecular flexibility index (Phi) is 5.60. The van der Waals surface area contributed by atoms with Crippen LogP contribution in [0.2, 0.25) is 0 Å². The number of carbonyl (C=O) groups is 2. The molecule has 2 aliphatic rings. The summed E-state index contributed by atoms with van der Waals surface area (Å²) in [6.07, 6.45) is 7.50. The molecule has 0 radical (unpaired) electrons. The van der Waals surface area contributed by atoms with Crippen LogP contribution in [0, 0.1) is 6.92 Å². The Morgan fingerprint density at radius 1 is 1.04 bits per heavy atom. The molecule has 138 valence electrons. The van der Waals surface area contributed by atoms with E-state index in [1.807, 2.05) is 11.8 Å². The molecular formula is C18H29N5O2. The van der Waals surface area contributed by atoms with Gasteiger partial charge in [-0.15, -0.1) is 0 Å². The summed E-state index contributed by atoms with van der Waals surface area (Å²) < 4.78 is 1.61. The second-order valence-corrected chi connectivity index (χ2v) is 7.31. The predicted molar refractivity (Wildman–Crippen MR) is 95.4 cm³/mol. The first kappa shape index (κ1) is 17.8. The van der Waals surface area contributed by atoms with Gasteiger partial charge in [0, 0.05) is 32.2 Å². The summed E-state index contributed by atoms with van der Waals surface area (Å²) in [6, 6.07) is 2.30. The monoisotopic (exact) mass is 347 g/mol. The van der Waals surface area contributed by atoms with Gasteiger partial charge in [-0.1, -0.05) is 19.3 Å². The van der Waals surface area contributed by atoms with Crippen LogP contribution in [-0.4, -0.2) is 51.8 Å². The van der Waals surface area contributed by atoms with Crippen molar-refractivity contribution in [1.82, 2.24) is 25.3 Å². The van der Waals surface area contributed by atoms with Gasteiger partial charge in [-0.2, -0.15) is 5.10 Å². The zero-order valence-electron chi connectivity index (χ0n) is 15.3. The standard InChI is InChI=1S/C18H29N5O2/c1-13-12-16(22(2)21-13)17(24)19-15-8-10-23(11-9-15)18(25)20-14-6-4-3-5-7-14/h12,14-15H,3-11H2,1-2H3,(H,19,24)(H,20,25). The third kappa shape index (κ3) is 4.52. The van der Waals surface area contributed by atoms with Crippen molar-refractivity contribution in [2.75, 3.05) is 13.1 Å². The van der Waals surface area contributed by atoms with Gasteiger partial charge in [-0.05, 0) is 38.7 Å². The maximum Gasteiger partial charge on any atom is 0.317 e. The van der Waals surface area contributed by atoms with E-state index in [-0.39, 0.29) is 18.0 Å². The largest absolute Gasteiger partial charge is 0.348 e. The van der Waals surface area contributed by atoms with Crippen LogP contribution < -0.4 is 10.6 Å². The SMILES string of the molecule is Cc1cc(C(=O)NC2CCN(C(=O)NC3CCCCC3)CC2)n(C)n1. The van der Waals surface area contributed by atoms with Crippen molar-refractivity contribution in [3.05, 3.63) is 17.5 Å². The third-order valence-corrected chi connectivity index (χ3v) is 5.28. The lowest BCUT2D eigenvalue weighted by molar-refractivity contribution is 0.0908. The van der Waals surface area contributed by atoms with Crippen LogP contribution in [0.5, 0.6) is 0 Å². The minimum Gasteiger partial charge on any atom is -0.348 e. The molecule has 1 saturated carbocycles. The van der Waals surface area contributed by atoms with Crippen LogP contribution in [0.25, 0.3) is 0 Å². The van der Waals surface area contributed by atoms with E-state index in [9.17, 15) is 9.59 Å². The summed E-state index contributed by atoms with van der Waals surface area (Å²) >= 11 is 0. The van der Waals surface area contributed by atoms with Crippen molar-refractivity contribution in [3.63, 3.8) is 0 Å². The fourth-order valence-electron chi connectivity index (χ4n) is 3.82. The van der Waals surface area contributed by atoms with Crippen LogP contribution >= 0.6 is 0 Å². The van der Waals surface area contributed by atoms with Crippen molar-refractivity contribution in [3.8, 4) is 0 Å². The molecule has 0 unspecified atom stereocenters. The fraction of sp³-hybridized carbons (Fsp3) is 0.722. The highest BCUT2D eigenvalue weighted by atomic mass is 16.2. The summed E-state index contributed by atoms with van der Waals surface area (Å²) in [4.78, 5) is 26.6. The first-order valence-corrected chi connectivity index (χ1v) is 9.40. The van der Waals surface area contributed by atoms with Gasteiger partial charge in [0.05, 0.1) is 5.69 Å². The molecular weight excluding hydrogens is 318 g/mol. The molecule has 1 saturated heterocycles. The lowest BCUT2D eigenvalue weighted by Gasteiger charge is -2.34. The topological polar surface area (TPSA) is 79.3 Å². The molecule has 1 aliphatic heterocycles. The highest BCUT2D eigenvalue weighted by molar-refractivity contribution is 5.92. The molecule has 25 heavy (non-hydrogen) atoms. The molecule has 2 N–H and O–H groups in total. The number of hydrogen-bond acceptors (Lipinski definition) is 3. The first-order chi connectivity index (χ1) is 12.0. The molecule has 2 heterocycles. The third-order valence-electron chi connectivity index (χ3n) is 5.28. The molecule has 1 aliphatic carbocycles. The Morgan fingerprint density at radius 2 is 1.68 bits per heavy atom. The highest BCUT2D eigenvalue weighted by Gasteiger charge is 2.26. The number of aryl methyl sites for hydroxylation is 2. The fourth-order valence-corrected chi connectivity index (χ4v) is 3.82. The molecule has 0 aromatic carbocycles. The van der Waals surface area contributed by atoms with Gasteiger partial charge in [0.1, 0.15) is 5.69 Å². The summed E-state index contributed by atoms with van der Waals surface area (Å²) in [5.41, 5.74) is 1.41. The quantitative estimate of drug-likeness (QED) is 0.877. The summed E-state index contributed by atoms with van der Waals surface area (Å²) in [7, 11) is 1.78. The van der Waals surface area contributed by atoms with Crippen molar-refractivity contribution < 1.29 is 9.59 Å². The number of amides is 3. The van der Waals surface area contributed by atoms with Crippen LogP contribution in [0.1, 0.15) is 61.1 Å². The van der Waals surface area contributed by atoms with Gasteiger partial charge < -0.3 is 15.5 Å². The van der Waals surface area contributed by atoms with Gasteiger partial charge in [0.25, 0.3) is 5.91 Å². The summed E-state index contributed by atoms with van der Waals surface area (Å²) in [5.74, 6) is -0.0896. The minimum atomic E-state index is -0.0896. The van der Waals surface area contributed by atoms with E-state index in [1.165, 1.54) is 19.3 Å². The van der Waals surface area contributed by atoms with Crippen molar-refractivity contribution in [2.45, 2.75) is 64.0 Å². The number of hydrogen-bond donors (Lipinski definition) is 2. The van der Waals surface area contributed by atoms with Crippen LogP contribution in [0.3, 0.4) is 0 Å². The number of aromatic nitrogens is 2. The first-order valence-electron chi connectivity index (χ1n) is 9.40. The van der Waals surface area contributed by atoms with Crippen LogP contribution in [-0.2, 0) is 7.05 Å². The van der Waals surface area contributed by atoms with E-state index in [0.29, 0.717) is 24.8 Å². The van der Waals surface area contributed by atoms with Crippen molar-refractivity contribution in [1.29, 1.82) is 0 Å². The number of likely N-dealkylation sites (tertiary alicyclic amines) is 1. The van der Waals surface area contributed by atoms with Crippen LogP contribution in [0.15, 0.2) is 6.07 Å².